The van der Waals surface area contributed by atoms with E-state index in [0.29, 0.717) is 6.54 Å². The molecule has 2 heterocycles. The lowest BCUT2D eigenvalue weighted by Gasteiger charge is -2.33. The quantitative estimate of drug-likeness (QED) is 0.781. The number of hydrogen-bond acceptors (Lipinski definition) is 2. The van der Waals surface area contributed by atoms with Crippen molar-refractivity contribution in [3.05, 3.63) is 58.7 Å². The minimum atomic E-state index is -0.00666. The Bertz CT molecular complexity index is 706. The standard InChI is InChI=1S/C16H13NO2/c1-9-5-6-13-11(7-9)12-8-17-16(18)10-3-2-4-14(19-13)15(10)12/h2-7,12H,8H2,1H3,(H,17,18). The summed E-state index contributed by atoms with van der Waals surface area (Å²) in [5.74, 6) is 1.91. The molecule has 2 aromatic rings. The van der Waals surface area contributed by atoms with Gasteiger partial charge in [-0.2, -0.15) is 0 Å². The highest BCUT2D eigenvalue weighted by Crippen LogP contribution is 2.46. The van der Waals surface area contributed by atoms with Crippen molar-refractivity contribution < 1.29 is 9.53 Å². The molecule has 3 heteroatoms. The van der Waals surface area contributed by atoms with Crippen LogP contribution in [0, 0.1) is 6.92 Å². The maximum Gasteiger partial charge on any atom is 0.251 e. The molecular weight excluding hydrogens is 238 g/mol. The van der Waals surface area contributed by atoms with Crippen LogP contribution in [0.3, 0.4) is 0 Å². The highest BCUT2D eigenvalue weighted by Gasteiger charge is 2.34. The number of rotatable bonds is 0. The second-order valence-corrected chi connectivity index (χ2v) is 5.12. The second-order valence-electron chi connectivity index (χ2n) is 5.12. The van der Waals surface area contributed by atoms with Crippen molar-refractivity contribution in [2.24, 2.45) is 0 Å². The third-order valence-electron chi connectivity index (χ3n) is 3.89. The van der Waals surface area contributed by atoms with Crippen LogP contribution in [-0.2, 0) is 0 Å². The van der Waals surface area contributed by atoms with E-state index in [-0.39, 0.29) is 11.8 Å². The molecular formula is C16H13NO2. The van der Waals surface area contributed by atoms with Crippen molar-refractivity contribution >= 4 is 5.91 Å². The number of carbonyl (C=O) groups excluding carboxylic acids is 1. The first-order valence-corrected chi connectivity index (χ1v) is 6.43. The smallest absolute Gasteiger partial charge is 0.251 e. The van der Waals surface area contributed by atoms with Gasteiger partial charge in [-0.25, -0.2) is 0 Å². The Hall–Kier alpha value is -2.29. The molecule has 0 bridgehead atoms. The van der Waals surface area contributed by atoms with Crippen LogP contribution in [0.1, 0.15) is 33.0 Å². The van der Waals surface area contributed by atoms with Gasteiger partial charge in [-0.1, -0.05) is 23.8 Å². The van der Waals surface area contributed by atoms with Crippen LogP contribution in [0.5, 0.6) is 11.5 Å². The predicted molar refractivity (Wildman–Crippen MR) is 71.9 cm³/mol. The number of hydrogen-bond donors (Lipinski definition) is 1. The zero-order chi connectivity index (χ0) is 13.0. The SMILES string of the molecule is Cc1ccc2c(c1)C1CNC(=O)c3cccc(c31)O2. The topological polar surface area (TPSA) is 38.3 Å². The van der Waals surface area contributed by atoms with E-state index in [1.165, 1.54) is 11.1 Å². The molecule has 1 atom stereocenters. The molecule has 0 spiro atoms. The summed E-state index contributed by atoms with van der Waals surface area (Å²) in [7, 11) is 0. The van der Waals surface area contributed by atoms with Gasteiger partial charge in [0.25, 0.3) is 5.91 Å². The number of aryl methyl sites for hydroxylation is 1. The van der Waals surface area contributed by atoms with Crippen molar-refractivity contribution in [2.75, 3.05) is 6.54 Å². The number of fused-ring (bicyclic) bond motifs is 2. The van der Waals surface area contributed by atoms with E-state index in [9.17, 15) is 4.79 Å². The summed E-state index contributed by atoms with van der Waals surface area (Å²) in [6.45, 7) is 2.71. The Morgan fingerprint density at radius 1 is 1.21 bits per heavy atom. The zero-order valence-corrected chi connectivity index (χ0v) is 10.6. The normalized spacial score (nSPS) is 19.0. The molecule has 2 aliphatic heterocycles. The summed E-state index contributed by atoms with van der Waals surface area (Å²) < 4.78 is 5.95. The van der Waals surface area contributed by atoms with E-state index in [1.807, 2.05) is 24.3 Å². The van der Waals surface area contributed by atoms with Gasteiger partial charge < -0.3 is 10.1 Å². The predicted octanol–water partition coefficient (Wildman–Crippen LogP) is 2.98. The van der Waals surface area contributed by atoms with Gasteiger partial charge in [0, 0.05) is 29.2 Å². The lowest BCUT2D eigenvalue weighted by molar-refractivity contribution is 0.0941. The zero-order valence-electron chi connectivity index (χ0n) is 10.6. The van der Waals surface area contributed by atoms with Gasteiger partial charge in [0.15, 0.2) is 0 Å². The van der Waals surface area contributed by atoms with Gasteiger partial charge in [-0.05, 0) is 25.1 Å². The molecule has 0 fully saturated rings. The lowest BCUT2D eigenvalue weighted by Crippen LogP contribution is -2.36. The van der Waals surface area contributed by atoms with Crippen molar-refractivity contribution in [2.45, 2.75) is 12.8 Å². The number of carbonyl (C=O) groups is 1. The summed E-state index contributed by atoms with van der Waals surface area (Å²) in [6.07, 6.45) is 0. The number of benzene rings is 2. The molecule has 0 aromatic heterocycles. The molecule has 3 nitrogen and oxygen atoms in total. The summed E-state index contributed by atoms with van der Waals surface area (Å²) in [5.41, 5.74) is 4.14. The van der Waals surface area contributed by atoms with Gasteiger partial charge in [-0.15, -0.1) is 0 Å². The summed E-state index contributed by atoms with van der Waals surface area (Å²) >= 11 is 0. The van der Waals surface area contributed by atoms with Crippen molar-refractivity contribution in [1.29, 1.82) is 0 Å². The Morgan fingerprint density at radius 2 is 2.11 bits per heavy atom. The second kappa shape index (κ2) is 3.60. The fourth-order valence-electron chi connectivity index (χ4n) is 3.00. The molecule has 1 unspecified atom stereocenters. The van der Waals surface area contributed by atoms with Crippen LogP contribution < -0.4 is 10.1 Å². The average Bonchev–Trinajstić information content (AvgIpc) is 2.42. The van der Waals surface area contributed by atoms with Gasteiger partial charge in [-0.3, -0.25) is 4.79 Å². The van der Waals surface area contributed by atoms with Gasteiger partial charge in [0.2, 0.25) is 0 Å². The molecule has 0 saturated carbocycles. The number of amides is 1. The van der Waals surface area contributed by atoms with E-state index in [2.05, 4.69) is 24.4 Å². The first kappa shape index (κ1) is 10.6. The fourth-order valence-corrected chi connectivity index (χ4v) is 3.00. The summed E-state index contributed by atoms with van der Waals surface area (Å²) in [5, 5.41) is 2.97. The highest BCUT2D eigenvalue weighted by atomic mass is 16.5. The third-order valence-corrected chi connectivity index (χ3v) is 3.89. The fraction of sp³-hybridized carbons (Fsp3) is 0.188. The van der Waals surface area contributed by atoms with E-state index >= 15 is 0 Å². The van der Waals surface area contributed by atoms with E-state index in [4.69, 9.17) is 4.74 Å². The van der Waals surface area contributed by atoms with Crippen molar-refractivity contribution in [1.82, 2.24) is 5.32 Å². The molecule has 4 rings (SSSR count). The summed E-state index contributed by atoms with van der Waals surface area (Å²) in [6, 6.07) is 11.9. The maximum atomic E-state index is 11.9. The van der Waals surface area contributed by atoms with Gasteiger partial charge in [0.05, 0.1) is 0 Å². The Morgan fingerprint density at radius 3 is 3.00 bits per heavy atom. The Balaban J connectivity index is 1.99. The van der Waals surface area contributed by atoms with Crippen LogP contribution in [0.2, 0.25) is 0 Å². The molecule has 19 heavy (non-hydrogen) atoms. The molecule has 0 saturated heterocycles. The molecule has 1 amide bonds. The average molecular weight is 251 g/mol. The molecule has 2 aliphatic rings. The molecule has 0 radical (unpaired) electrons. The Kier molecular flexibility index (Phi) is 2.01. The van der Waals surface area contributed by atoms with Gasteiger partial charge in [0.1, 0.15) is 11.5 Å². The minimum absolute atomic E-state index is 0.00666. The van der Waals surface area contributed by atoms with Crippen molar-refractivity contribution in [3.8, 4) is 11.5 Å². The summed E-state index contributed by atoms with van der Waals surface area (Å²) in [4.78, 5) is 11.9. The lowest BCUT2D eigenvalue weighted by atomic mass is 9.82. The Labute approximate surface area is 111 Å². The van der Waals surface area contributed by atoms with Crippen LogP contribution >= 0.6 is 0 Å². The largest absolute Gasteiger partial charge is 0.457 e. The first-order chi connectivity index (χ1) is 9.24. The van der Waals surface area contributed by atoms with E-state index in [1.54, 1.807) is 0 Å². The van der Waals surface area contributed by atoms with Crippen LogP contribution in [0.25, 0.3) is 0 Å². The van der Waals surface area contributed by atoms with E-state index < -0.39 is 0 Å². The maximum absolute atomic E-state index is 11.9. The highest BCUT2D eigenvalue weighted by molar-refractivity contribution is 5.98. The van der Waals surface area contributed by atoms with Crippen LogP contribution in [-0.4, -0.2) is 12.5 Å². The molecule has 1 N–H and O–H groups in total. The minimum Gasteiger partial charge on any atom is -0.457 e. The number of nitrogens with one attached hydrogen (secondary N) is 1. The molecule has 0 aliphatic carbocycles. The van der Waals surface area contributed by atoms with Crippen LogP contribution in [0.4, 0.5) is 0 Å². The van der Waals surface area contributed by atoms with E-state index in [0.717, 1.165) is 22.6 Å². The van der Waals surface area contributed by atoms with Gasteiger partial charge >= 0.3 is 0 Å². The molecule has 2 aromatic carbocycles. The number of ether oxygens (including phenoxy) is 1. The third kappa shape index (κ3) is 1.41. The van der Waals surface area contributed by atoms with Crippen molar-refractivity contribution in [3.63, 3.8) is 0 Å². The van der Waals surface area contributed by atoms with Crippen LogP contribution in [0.15, 0.2) is 36.4 Å². The molecule has 94 valence electrons. The first-order valence-electron chi connectivity index (χ1n) is 6.43. The monoisotopic (exact) mass is 251 g/mol.